The van der Waals surface area contributed by atoms with Crippen LogP contribution in [-0.4, -0.2) is 42.4 Å². The predicted molar refractivity (Wildman–Crippen MR) is 92.4 cm³/mol. The Hall–Kier alpha value is -0.630. The van der Waals surface area contributed by atoms with Crippen molar-refractivity contribution in [3.63, 3.8) is 0 Å². The maximum atomic E-state index is 12.2. The number of nitrogens with zero attached hydrogens (tertiary/aromatic N) is 1. The van der Waals surface area contributed by atoms with Crippen LogP contribution in [0.4, 0.5) is 0 Å². The van der Waals surface area contributed by atoms with Gasteiger partial charge in [0.15, 0.2) is 0 Å². The zero-order valence-electron chi connectivity index (χ0n) is 12.0. The molecule has 3 N–H and O–H groups in total. The lowest BCUT2D eigenvalue weighted by molar-refractivity contribution is -0.129. The number of hydrogen-bond acceptors (Lipinski definition) is 4. The Morgan fingerprint density at radius 2 is 2.14 bits per heavy atom. The van der Waals surface area contributed by atoms with Gasteiger partial charge in [-0.1, -0.05) is 0 Å². The highest BCUT2D eigenvalue weighted by Crippen LogP contribution is 2.37. The summed E-state index contributed by atoms with van der Waals surface area (Å²) in [5.74, 6) is 0.779. The number of fused-ring (bicyclic) bond motifs is 1. The van der Waals surface area contributed by atoms with Crippen LogP contribution in [0.3, 0.4) is 0 Å². The SMILES string of the molecule is Cl.NC1CCC2CN(C(=O)CNC(=O)c3ccc(Br)s3)CC12. The molecule has 1 aromatic heterocycles. The second kappa shape index (κ2) is 7.29. The zero-order valence-corrected chi connectivity index (χ0v) is 15.2. The van der Waals surface area contributed by atoms with E-state index in [9.17, 15) is 9.59 Å². The molecule has 22 heavy (non-hydrogen) atoms. The fourth-order valence-corrected chi connectivity index (χ4v) is 4.60. The average molecular weight is 409 g/mol. The fourth-order valence-electron chi connectivity index (χ4n) is 3.30. The monoisotopic (exact) mass is 407 g/mol. The molecule has 0 bridgehead atoms. The minimum absolute atomic E-state index is 0. The molecule has 8 heteroatoms. The Morgan fingerprint density at radius 3 is 2.77 bits per heavy atom. The van der Waals surface area contributed by atoms with E-state index >= 15 is 0 Å². The van der Waals surface area contributed by atoms with Crippen LogP contribution in [0.25, 0.3) is 0 Å². The van der Waals surface area contributed by atoms with Gasteiger partial charge in [0.1, 0.15) is 0 Å². The Kier molecular flexibility index (Phi) is 5.87. The highest BCUT2D eigenvalue weighted by molar-refractivity contribution is 9.11. The molecule has 1 aromatic rings. The molecule has 1 saturated carbocycles. The maximum absolute atomic E-state index is 12.2. The van der Waals surface area contributed by atoms with Crippen LogP contribution in [0.15, 0.2) is 15.9 Å². The first-order valence-corrected chi connectivity index (χ1v) is 8.72. The van der Waals surface area contributed by atoms with Crippen molar-refractivity contribution in [3.8, 4) is 0 Å². The summed E-state index contributed by atoms with van der Waals surface area (Å²) in [6, 6.07) is 3.80. The lowest BCUT2D eigenvalue weighted by Crippen LogP contribution is -2.40. The van der Waals surface area contributed by atoms with Crippen LogP contribution in [0.1, 0.15) is 22.5 Å². The third kappa shape index (κ3) is 3.64. The molecule has 2 fully saturated rings. The maximum Gasteiger partial charge on any atom is 0.261 e. The van der Waals surface area contributed by atoms with Crippen molar-refractivity contribution in [3.05, 3.63) is 20.8 Å². The van der Waals surface area contributed by atoms with Gasteiger partial charge < -0.3 is 16.0 Å². The molecule has 1 saturated heterocycles. The third-order valence-electron chi connectivity index (χ3n) is 4.46. The summed E-state index contributed by atoms with van der Waals surface area (Å²) in [6.45, 7) is 1.59. The normalized spacial score (nSPS) is 26.5. The van der Waals surface area contributed by atoms with Crippen LogP contribution >= 0.6 is 39.7 Å². The van der Waals surface area contributed by atoms with Crippen molar-refractivity contribution < 1.29 is 9.59 Å². The van der Waals surface area contributed by atoms with Crippen LogP contribution in [-0.2, 0) is 4.79 Å². The highest BCUT2D eigenvalue weighted by Gasteiger charge is 2.42. The summed E-state index contributed by atoms with van der Waals surface area (Å²) in [6.07, 6.45) is 2.19. The molecule has 0 spiro atoms. The molecule has 2 aliphatic rings. The van der Waals surface area contributed by atoms with Gasteiger partial charge >= 0.3 is 0 Å². The summed E-state index contributed by atoms with van der Waals surface area (Å²) < 4.78 is 0.903. The number of amides is 2. The largest absolute Gasteiger partial charge is 0.342 e. The van der Waals surface area contributed by atoms with E-state index in [0.717, 1.165) is 29.7 Å². The minimum Gasteiger partial charge on any atom is -0.342 e. The van der Waals surface area contributed by atoms with Gasteiger partial charge in [-0.15, -0.1) is 23.7 Å². The van der Waals surface area contributed by atoms with Crippen molar-refractivity contribution in [1.82, 2.24) is 10.2 Å². The van der Waals surface area contributed by atoms with Gasteiger partial charge in [0.25, 0.3) is 5.91 Å². The third-order valence-corrected chi connectivity index (χ3v) is 6.08. The zero-order chi connectivity index (χ0) is 15.0. The number of thiophene rings is 1. The second-order valence-corrected chi connectivity index (χ2v) is 8.21. The van der Waals surface area contributed by atoms with Gasteiger partial charge in [-0.05, 0) is 52.7 Å². The van der Waals surface area contributed by atoms with Crippen LogP contribution in [0.5, 0.6) is 0 Å². The minimum atomic E-state index is -0.199. The number of nitrogens with one attached hydrogen (secondary N) is 1. The van der Waals surface area contributed by atoms with E-state index < -0.39 is 0 Å². The molecule has 122 valence electrons. The molecule has 5 nitrogen and oxygen atoms in total. The molecule has 3 rings (SSSR count). The smallest absolute Gasteiger partial charge is 0.261 e. The molecule has 1 aliphatic heterocycles. The highest BCUT2D eigenvalue weighted by atomic mass is 79.9. The van der Waals surface area contributed by atoms with Crippen molar-refractivity contribution >= 4 is 51.5 Å². The Labute approximate surface area is 148 Å². The van der Waals surface area contributed by atoms with E-state index in [0.29, 0.717) is 16.7 Å². The Bertz CT molecular complexity index is 568. The first kappa shape index (κ1) is 17.7. The summed E-state index contributed by atoms with van der Waals surface area (Å²) in [5.41, 5.74) is 6.07. The van der Waals surface area contributed by atoms with E-state index in [1.165, 1.54) is 11.3 Å². The molecule has 2 amide bonds. The Balaban J connectivity index is 0.00000176. The van der Waals surface area contributed by atoms with E-state index in [1.807, 2.05) is 11.0 Å². The lowest BCUT2D eigenvalue weighted by Gasteiger charge is -2.18. The summed E-state index contributed by atoms with van der Waals surface area (Å²) in [7, 11) is 0. The van der Waals surface area contributed by atoms with Gasteiger partial charge in [0.05, 0.1) is 15.2 Å². The first-order valence-electron chi connectivity index (χ1n) is 7.11. The van der Waals surface area contributed by atoms with Crippen LogP contribution in [0.2, 0.25) is 0 Å². The molecule has 0 radical (unpaired) electrons. The molecule has 1 aliphatic carbocycles. The van der Waals surface area contributed by atoms with E-state index in [2.05, 4.69) is 21.2 Å². The number of rotatable bonds is 3. The number of carbonyl (C=O) groups is 2. The molecular weight excluding hydrogens is 390 g/mol. The number of halogens is 2. The van der Waals surface area contributed by atoms with Gasteiger partial charge in [0.2, 0.25) is 5.91 Å². The van der Waals surface area contributed by atoms with Crippen LogP contribution < -0.4 is 11.1 Å². The number of carbonyl (C=O) groups excluding carboxylic acids is 2. The van der Waals surface area contributed by atoms with Gasteiger partial charge in [-0.2, -0.15) is 0 Å². The van der Waals surface area contributed by atoms with Crippen molar-refractivity contribution in [2.45, 2.75) is 18.9 Å². The molecule has 3 atom stereocenters. The number of nitrogens with two attached hydrogens (primary N) is 1. The average Bonchev–Trinajstić information content (AvgIpc) is 3.14. The quantitative estimate of drug-likeness (QED) is 0.801. The number of likely N-dealkylation sites (tertiary alicyclic amines) is 1. The molecule has 2 heterocycles. The lowest BCUT2D eigenvalue weighted by atomic mass is 9.98. The van der Waals surface area contributed by atoms with Crippen LogP contribution in [0, 0.1) is 11.8 Å². The van der Waals surface area contributed by atoms with Gasteiger partial charge in [-0.25, -0.2) is 0 Å². The standard InChI is InChI=1S/C14H18BrN3O2S.ClH/c15-12-4-3-11(21-12)14(20)17-5-13(19)18-6-8-1-2-10(16)9(8)7-18;/h3-4,8-10H,1-2,5-7,16H2,(H,17,20);1H. The first-order chi connectivity index (χ1) is 10.0. The second-order valence-electron chi connectivity index (χ2n) is 5.75. The van der Waals surface area contributed by atoms with E-state index in [4.69, 9.17) is 5.73 Å². The molecule has 0 aromatic carbocycles. The number of hydrogen-bond donors (Lipinski definition) is 2. The van der Waals surface area contributed by atoms with Gasteiger partial charge in [-0.3, -0.25) is 9.59 Å². The topological polar surface area (TPSA) is 75.4 Å². The summed E-state index contributed by atoms with van der Waals surface area (Å²) in [4.78, 5) is 26.6. The summed E-state index contributed by atoms with van der Waals surface area (Å²) in [5, 5.41) is 2.69. The Morgan fingerprint density at radius 1 is 1.36 bits per heavy atom. The van der Waals surface area contributed by atoms with Crippen molar-refractivity contribution in [1.29, 1.82) is 0 Å². The fraction of sp³-hybridized carbons (Fsp3) is 0.571. The van der Waals surface area contributed by atoms with E-state index in [1.54, 1.807) is 6.07 Å². The van der Waals surface area contributed by atoms with Crippen molar-refractivity contribution in [2.75, 3.05) is 19.6 Å². The van der Waals surface area contributed by atoms with Gasteiger partial charge in [0, 0.05) is 19.1 Å². The van der Waals surface area contributed by atoms with Crippen molar-refractivity contribution in [2.24, 2.45) is 17.6 Å². The summed E-state index contributed by atoms with van der Waals surface area (Å²) >= 11 is 4.68. The molecule has 3 unspecified atom stereocenters. The predicted octanol–water partition coefficient (Wildman–Crippen LogP) is 1.86. The van der Waals surface area contributed by atoms with E-state index in [-0.39, 0.29) is 36.8 Å². The molecular formula is C14H19BrClN3O2S.